The van der Waals surface area contributed by atoms with E-state index in [1.54, 1.807) is 6.07 Å². The lowest BCUT2D eigenvalue weighted by atomic mass is 10.1. The number of piperidine rings is 1. The van der Waals surface area contributed by atoms with Gasteiger partial charge in [-0.1, -0.05) is 6.42 Å². The fourth-order valence-corrected chi connectivity index (χ4v) is 3.01. The van der Waals surface area contributed by atoms with Crippen LogP contribution >= 0.6 is 0 Å². The van der Waals surface area contributed by atoms with Crippen LogP contribution in [0.2, 0.25) is 0 Å². The molecule has 1 aliphatic rings. The molecular formula is C11H17N3OS. The van der Waals surface area contributed by atoms with Gasteiger partial charge in [0.25, 0.3) is 0 Å². The van der Waals surface area contributed by atoms with Crippen LogP contribution in [-0.2, 0) is 10.8 Å². The summed E-state index contributed by atoms with van der Waals surface area (Å²) in [5.41, 5.74) is 0.858. The minimum Gasteiger partial charge on any atom is -0.313 e. The van der Waals surface area contributed by atoms with Crippen LogP contribution in [-0.4, -0.2) is 32.7 Å². The molecule has 1 aromatic rings. The Morgan fingerprint density at radius 2 is 2.31 bits per heavy atom. The van der Waals surface area contributed by atoms with Crippen LogP contribution in [0.5, 0.6) is 0 Å². The molecule has 0 aromatic carbocycles. The second kappa shape index (κ2) is 5.50. The van der Waals surface area contributed by atoms with Gasteiger partial charge in [0.1, 0.15) is 5.03 Å². The van der Waals surface area contributed by atoms with Crippen LogP contribution in [0.3, 0.4) is 0 Å². The third kappa shape index (κ3) is 3.09. The Morgan fingerprint density at radius 1 is 1.44 bits per heavy atom. The van der Waals surface area contributed by atoms with Crippen molar-refractivity contribution >= 4 is 10.8 Å². The highest BCUT2D eigenvalue weighted by molar-refractivity contribution is 7.85. The highest BCUT2D eigenvalue weighted by Crippen LogP contribution is 2.11. The molecule has 1 N–H and O–H groups in total. The van der Waals surface area contributed by atoms with Crippen LogP contribution in [0, 0.1) is 6.92 Å². The molecule has 5 heteroatoms. The molecule has 88 valence electrons. The molecule has 2 rings (SSSR count). The third-order valence-electron chi connectivity index (χ3n) is 2.77. The first-order valence-corrected chi connectivity index (χ1v) is 7.00. The molecule has 0 amide bonds. The van der Waals surface area contributed by atoms with E-state index in [4.69, 9.17) is 0 Å². The van der Waals surface area contributed by atoms with Crippen LogP contribution in [0.15, 0.2) is 17.2 Å². The largest absolute Gasteiger partial charge is 0.313 e. The van der Waals surface area contributed by atoms with Gasteiger partial charge in [-0.05, 0) is 38.4 Å². The number of aryl methyl sites for hydroxylation is 1. The van der Waals surface area contributed by atoms with Gasteiger partial charge in [-0.25, -0.2) is 0 Å². The fraction of sp³-hybridized carbons (Fsp3) is 0.636. The van der Waals surface area contributed by atoms with Crippen molar-refractivity contribution in [3.63, 3.8) is 0 Å². The van der Waals surface area contributed by atoms with E-state index in [1.165, 1.54) is 12.8 Å². The smallest absolute Gasteiger partial charge is 0.149 e. The molecule has 0 radical (unpaired) electrons. The quantitative estimate of drug-likeness (QED) is 0.856. The average Bonchev–Trinajstić information content (AvgIpc) is 2.31. The monoisotopic (exact) mass is 239 g/mol. The maximum atomic E-state index is 12.0. The van der Waals surface area contributed by atoms with Gasteiger partial charge in [0.05, 0.1) is 16.5 Å². The van der Waals surface area contributed by atoms with Gasteiger partial charge in [0, 0.05) is 11.8 Å². The predicted octanol–water partition coefficient (Wildman–Crippen LogP) is 1.03. The minimum atomic E-state index is -1.03. The lowest BCUT2D eigenvalue weighted by molar-refractivity contribution is 0.427. The highest BCUT2D eigenvalue weighted by atomic mass is 32.2. The minimum absolute atomic E-state index is 0.373. The van der Waals surface area contributed by atoms with E-state index < -0.39 is 10.8 Å². The van der Waals surface area contributed by atoms with E-state index in [1.807, 2.05) is 13.0 Å². The summed E-state index contributed by atoms with van der Waals surface area (Å²) < 4.78 is 12.0. The Morgan fingerprint density at radius 3 is 2.94 bits per heavy atom. The summed E-state index contributed by atoms with van der Waals surface area (Å²) in [5, 5.41) is 11.9. The van der Waals surface area contributed by atoms with Gasteiger partial charge in [-0.2, -0.15) is 5.10 Å². The summed E-state index contributed by atoms with van der Waals surface area (Å²) in [4.78, 5) is 0. The molecule has 16 heavy (non-hydrogen) atoms. The first kappa shape index (κ1) is 11.7. The molecule has 1 aromatic heterocycles. The zero-order chi connectivity index (χ0) is 11.4. The van der Waals surface area contributed by atoms with Gasteiger partial charge in [0.15, 0.2) is 0 Å². The Bertz CT molecular complexity index is 360. The second-order valence-electron chi connectivity index (χ2n) is 4.17. The summed E-state index contributed by atoms with van der Waals surface area (Å²) in [6.45, 7) is 2.92. The van der Waals surface area contributed by atoms with Crippen LogP contribution in [0.4, 0.5) is 0 Å². The molecule has 4 nitrogen and oxygen atoms in total. The molecule has 0 saturated carbocycles. The number of aromatic nitrogens is 2. The Labute approximate surface area is 98.3 Å². The van der Waals surface area contributed by atoms with Crippen LogP contribution in [0.25, 0.3) is 0 Å². The molecule has 1 saturated heterocycles. The maximum absolute atomic E-state index is 12.0. The normalized spacial score (nSPS) is 22.9. The predicted molar refractivity (Wildman–Crippen MR) is 63.7 cm³/mol. The number of rotatable bonds is 3. The highest BCUT2D eigenvalue weighted by Gasteiger charge is 2.17. The standard InChI is InChI=1S/C11H17N3OS/c1-9-5-6-11(14-13-9)16(15)8-10-4-2-3-7-12-10/h5-6,10,12H,2-4,7-8H2,1H3/t10-,16+/m1/s1. The molecule has 0 spiro atoms. The zero-order valence-corrected chi connectivity index (χ0v) is 10.3. The van der Waals surface area contributed by atoms with Crippen molar-refractivity contribution in [1.82, 2.24) is 15.5 Å². The summed E-state index contributed by atoms with van der Waals surface area (Å²) in [6.07, 6.45) is 3.58. The number of nitrogens with zero attached hydrogens (tertiary/aromatic N) is 2. The number of hydrogen-bond donors (Lipinski definition) is 1. The van der Waals surface area contributed by atoms with Crippen LogP contribution < -0.4 is 5.32 Å². The first-order chi connectivity index (χ1) is 7.75. The van der Waals surface area contributed by atoms with Gasteiger partial charge in [-0.15, -0.1) is 5.10 Å². The van der Waals surface area contributed by atoms with E-state index in [2.05, 4.69) is 15.5 Å². The van der Waals surface area contributed by atoms with Crippen molar-refractivity contribution < 1.29 is 4.21 Å². The summed E-state index contributed by atoms with van der Waals surface area (Å²) >= 11 is 0. The first-order valence-electron chi connectivity index (χ1n) is 5.68. The van der Waals surface area contributed by atoms with Gasteiger partial charge in [0.2, 0.25) is 0 Å². The zero-order valence-electron chi connectivity index (χ0n) is 9.48. The molecule has 1 aliphatic heterocycles. The summed E-state index contributed by atoms with van der Waals surface area (Å²) in [6, 6.07) is 4.04. The van der Waals surface area contributed by atoms with Gasteiger partial charge >= 0.3 is 0 Å². The lowest BCUT2D eigenvalue weighted by Gasteiger charge is -2.22. The molecule has 0 bridgehead atoms. The molecular weight excluding hydrogens is 222 g/mol. The molecule has 2 atom stereocenters. The Balaban J connectivity index is 1.94. The molecule has 1 fully saturated rings. The van der Waals surface area contributed by atoms with E-state index in [0.717, 1.165) is 18.7 Å². The Hall–Kier alpha value is -0.810. The molecule has 0 unspecified atom stereocenters. The number of nitrogens with one attached hydrogen (secondary N) is 1. The van der Waals surface area contributed by atoms with Gasteiger partial charge in [-0.3, -0.25) is 4.21 Å². The summed E-state index contributed by atoms with van der Waals surface area (Å²) in [5.74, 6) is 0.651. The molecule has 2 heterocycles. The SMILES string of the molecule is Cc1ccc([S@@](=O)C[C@H]2CCCCN2)nn1. The van der Waals surface area contributed by atoms with E-state index in [-0.39, 0.29) is 0 Å². The van der Waals surface area contributed by atoms with E-state index in [0.29, 0.717) is 16.8 Å². The second-order valence-corrected chi connectivity index (χ2v) is 5.61. The van der Waals surface area contributed by atoms with Gasteiger partial charge < -0.3 is 5.32 Å². The topological polar surface area (TPSA) is 54.9 Å². The van der Waals surface area contributed by atoms with Crippen molar-refractivity contribution in [2.24, 2.45) is 0 Å². The Kier molecular flexibility index (Phi) is 4.01. The number of hydrogen-bond acceptors (Lipinski definition) is 4. The summed E-state index contributed by atoms with van der Waals surface area (Å²) in [7, 11) is -1.03. The van der Waals surface area contributed by atoms with Crippen molar-refractivity contribution in [1.29, 1.82) is 0 Å². The average molecular weight is 239 g/mol. The van der Waals surface area contributed by atoms with Crippen molar-refractivity contribution in [3.05, 3.63) is 17.8 Å². The van der Waals surface area contributed by atoms with Crippen molar-refractivity contribution in [2.45, 2.75) is 37.3 Å². The van der Waals surface area contributed by atoms with E-state index >= 15 is 0 Å². The van der Waals surface area contributed by atoms with Crippen LogP contribution in [0.1, 0.15) is 25.0 Å². The lowest BCUT2D eigenvalue weighted by Crippen LogP contribution is -2.38. The maximum Gasteiger partial charge on any atom is 0.149 e. The fourth-order valence-electron chi connectivity index (χ4n) is 1.84. The molecule has 0 aliphatic carbocycles. The van der Waals surface area contributed by atoms with E-state index in [9.17, 15) is 4.21 Å². The van der Waals surface area contributed by atoms with Crippen molar-refractivity contribution in [2.75, 3.05) is 12.3 Å². The third-order valence-corrected chi connectivity index (χ3v) is 4.16. The van der Waals surface area contributed by atoms with Crippen molar-refractivity contribution in [3.8, 4) is 0 Å².